The van der Waals surface area contributed by atoms with Crippen LogP contribution in [0, 0.1) is 45.3 Å². The Bertz CT molecular complexity index is 1120. The van der Waals surface area contributed by atoms with Gasteiger partial charge in [-0.25, -0.2) is 0 Å². The van der Waals surface area contributed by atoms with Crippen molar-refractivity contribution in [3.63, 3.8) is 0 Å². The van der Waals surface area contributed by atoms with Crippen LogP contribution in [0.4, 0.5) is 0 Å². The molecule has 1 aromatic rings. The van der Waals surface area contributed by atoms with Gasteiger partial charge in [0.1, 0.15) is 0 Å². The number of hydrogen-bond donors (Lipinski definition) is 4. The maximum absolute atomic E-state index is 11.9. The molecule has 4 aliphatic carbocycles. The van der Waals surface area contributed by atoms with Crippen molar-refractivity contribution in [1.29, 1.82) is 0 Å². The molecule has 10 atom stereocenters. The van der Waals surface area contributed by atoms with Gasteiger partial charge < -0.3 is 30.1 Å². The molecule has 0 radical (unpaired) electrons. The maximum atomic E-state index is 11.9. The molecule has 0 amide bonds. The van der Waals surface area contributed by atoms with Crippen molar-refractivity contribution < 1.29 is 24.8 Å². The fourth-order valence-corrected chi connectivity index (χ4v) is 11.4. The first-order valence-electron chi connectivity index (χ1n) is 16.7. The molecule has 0 spiro atoms. The monoisotopic (exact) mass is 585 g/mol. The molecule has 4 aliphatic rings. The molecule has 0 bridgehead atoms. The Labute approximate surface area is 255 Å². The highest BCUT2D eigenvalue weighted by Gasteiger charge is 2.71. The van der Waals surface area contributed by atoms with E-state index >= 15 is 0 Å². The SMILES string of the molecule is COc1ccc(CNCCC[C@](C)(O)[C@H]2CC[C@]3(C)[C@@H]2[C@H](O)C[C@@H]2[C@@]4(C)CC[C@H](O)C(C)(C)[C@@H]4CC[C@]23C)cc1OC. The summed E-state index contributed by atoms with van der Waals surface area (Å²) in [5.41, 5.74) is 0.502. The third-order valence-corrected chi connectivity index (χ3v) is 14.0. The highest BCUT2D eigenvalue weighted by molar-refractivity contribution is 5.42. The number of ether oxygens (including phenoxy) is 2. The van der Waals surface area contributed by atoms with Crippen molar-refractivity contribution in [2.45, 2.75) is 124 Å². The van der Waals surface area contributed by atoms with E-state index in [0.29, 0.717) is 11.8 Å². The van der Waals surface area contributed by atoms with Gasteiger partial charge in [-0.2, -0.15) is 0 Å². The number of methoxy groups -OCH3 is 2. The summed E-state index contributed by atoms with van der Waals surface area (Å²) in [5.74, 6) is 2.61. The number of benzene rings is 1. The lowest BCUT2D eigenvalue weighted by Crippen LogP contribution is -2.66. The second-order valence-corrected chi connectivity index (χ2v) is 16.2. The first kappa shape index (κ1) is 32.1. The van der Waals surface area contributed by atoms with Crippen molar-refractivity contribution in [1.82, 2.24) is 5.32 Å². The lowest BCUT2D eigenvalue weighted by atomic mass is 9.35. The average molecular weight is 586 g/mol. The molecule has 4 N–H and O–H groups in total. The Hall–Kier alpha value is -1.34. The molecule has 6 nitrogen and oxygen atoms in total. The van der Waals surface area contributed by atoms with E-state index in [1.807, 2.05) is 25.1 Å². The third-order valence-electron chi connectivity index (χ3n) is 14.0. The number of rotatable bonds is 9. The van der Waals surface area contributed by atoms with Crippen LogP contribution < -0.4 is 14.8 Å². The van der Waals surface area contributed by atoms with Gasteiger partial charge in [0.2, 0.25) is 0 Å². The number of aliphatic hydroxyl groups excluding tert-OH is 2. The Kier molecular flexibility index (Phi) is 8.57. The standard InChI is InChI=1S/C36H59NO5/c1-32(2)28-13-18-34(4)29(33(28,3)16-14-30(32)39)21-25(38)31-24(12-17-35(31,34)5)36(6,40)15-9-19-37-22-23-10-11-26(41-7)27(20-23)42-8/h10-11,20,24-25,28-31,37-40H,9,12-19,21-22H2,1-8H3/t24-,25+,28-,29+,30-,31-,33-,34+,35+,36-/m0/s1. The molecule has 0 aliphatic heterocycles. The average Bonchev–Trinajstić information content (AvgIpc) is 3.33. The third kappa shape index (κ3) is 4.91. The van der Waals surface area contributed by atoms with Gasteiger partial charge in [0, 0.05) is 6.54 Å². The molecular formula is C36H59NO5. The van der Waals surface area contributed by atoms with Gasteiger partial charge in [0.05, 0.1) is 32.0 Å². The summed E-state index contributed by atoms with van der Waals surface area (Å²) in [6, 6.07) is 5.99. The Morgan fingerprint density at radius 2 is 1.60 bits per heavy atom. The summed E-state index contributed by atoms with van der Waals surface area (Å²) in [5, 5.41) is 38.4. The first-order valence-corrected chi connectivity index (χ1v) is 16.7. The zero-order valence-electron chi connectivity index (χ0n) is 27.6. The van der Waals surface area contributed by atoms with E-state index in [1.165, 1.54) is 0 Å². The number of aliphatic hydroxyl groups is 3. The van der Waals surface area contributed by atoms with Crippen LogP contribution in [0.3, 0.4) is 0 Å². The molecule has 5 rings (SSSR count). The smallest absolute Gasteiger partial charge is 0.161 e. The van der Waals surface area contributed by atoms with Crippen LogP contribution in [0.5, 0.6) is 11.5 Å². The molecular weight excluding hydrogens is 526 g/mol. The molecule has 238 valence electrons. The number of nitrogens with one attached hydrogen (secondary N) is 1. The van der Waals surface area contributed by atoms with E-state index in [-0.39, 0.29) is 45.7 Å². The number of fused-ring (bicyclic) bond motifs is 5. The molecule has 42 heavy (non-hydrogen) atoms. The lowest BCUT2D eigenvalue weighted by Gasteiger charge is -2.70. The van der Waals surface area contributed by atoms with E-state index in [2.05, 4.69) is 39.9 Å². The topological polar surface area (TPSA) is 91.2 Å². The van der Waals surface area contributed by atoms with E-state index in [9.17, 15) is 15.3 Å². The van der Waals surface area contributed by atoms with Crippen LogP contribution in [0.1, 0.15) is 105 Å². The Morgan fingerprint density at radius 3 is 2.29 bits per heavy atom. The van der Waals surface area contributed by atoms with Crippen molar-refractivity contribution in [3.8, 4) is 11.5 Å². The van der Waals surface area contributed by atoms with Crippen molar-refractivity contribution in [2.75, 3.05) is 20.8 Å². The maximum Gasteiger partial charge on any atom is 0.161 e. The van der Waals surface area contributed by atoms with Crippen molar-refractivity contribution in [2.24, 2.45) is 45.3 Å². The Morgan fingerprint density at radius 1 is 0.905 bits per heavy atom. The Balaban J connectivity index is 1.25. The predicted molar refractivity (Wildman–Crippen MR) is 168 cm³/mol. The highest BCUT2D eigenvalue weighted by Crippen LogP contribution is 2.75. The van der Waals surface area contributed by atoms with E-state index in [1.54, 1.807) is 14.2 Å². The van der Waals surface area contributed by atoms with Gasteiger partial charge in [0.15, 0.2) is 11.5 Å². The van der Waals surface area contributed by atoms with E-state index < -0.39 is 5.60 Å². The quantitative estimate of drug-likeness (QED) is 0.253. The minimum absolute atomic E-state index is 0.00382. The van der Waals surface area contributed by atoms with Crippen molar-refractivity contribution in [3.05, 3.63) is 23.8 Å². The summed E-state index contributed by atoms with van der Waals surface area (Å²) in [6.45, 7) is 15.6. The van der Waals surface area contributed by atoms with Crippen LogP contribution in [0.15, 0.2) is 18.2 Å². The molecule has 0 saturated heterocycles. The van der Waals surface area contributed by atoms with Gasteiger partial charge >= 0.3 is 0 Å². The predicted octanol–water partition coefficient (Wildman–Crippen LogP) is 6.34. The van der Waals surface area contributed by atoms with Gasteiger partial charge in [-0.3, -0.25) is 0 Å². The zero-order chi connectivity index (χ0) is 30.7. The molecule has 1 aromatic carbocycles. The van der Waals surface area contributed by atoms with E-state index in [0.717, 1.165) is 87.9 Å². The molecule has 4 fully saturated rings. The number of hydrogen-bond acceptors (Lipinski definition) is 6. The molecule has 6 heteroatoms. The summed E-state index contributed by atoms with van der Waals surface area (Å²) >= 11 is 0. The van der Waals surface area contributed by atoms with Gasteiger partial charge in [0.25, 0.3) is 0 Å². The second kappa shape index (κ2) is 11.2. The largest absolute Gasteiger partial charge is 0.493 e. The van der Waals surface area contributed by atoms with Gasteiger partial charge in [-0.05, 0) is 134 Å². The minimum atomic E-state index is -0.810. The van der Waals surface area contributed by atoms with Crippen LogP contribution in [-0.4, -0.2) is 53.9 Å². The summed E-state index contributed by atoms with van der Waals surface area (Å²) in [4.78, 5) is 0. The van der Waals surface area contributed by atoms with Crippen LogP contribution >= 0.6 is 0 Å². The second-order valence-electron chi connectivity index (χ2n) is 16.2. The minimum Gasteiger partial charge on any atom is -0.493 e. The molecule has 0 heterocycles. The first-order chi connectivity index (χ1) is 19.7. The van der Waals surface area contributed by atoms with E-state index in [4.69, 9.17) is 9.47 Å². The molecule has 4 saturated carbocycles. The summed E-state index contributed by atoms with van der Waals surface area (Å²) in [6.07, 6.45) is 8.08. The van der Waals surface area contributed by atoms with Gasteiger partial charge in [-0.1, -0.05) is 40.7 Å². The fraction of sp³-hybridized carbons (Fsp3) is 0.833. The summed E-state index contributed by atoms with van der Waals surface area (Å²) in [7, 11) is 3.30. The zero-order valence-corrected chi connectivity index (χ0v) is 27.6. The fourth-order valence-electron chi connectivity index (χ4n) is 11.4. The van der Waals surface area contributed by atoms with Crippen LogP contribution in [0.25, 0.3) is 0 Å². The normalized spacial score (nSPS) is 42.2. The van der Waals surface area contributed by atoms with Gasteiger partial charge in [-0.15, -0.1) is 0 Å². The van der Waals surface area contributed by atoms with Crippen molar-refractivity contribution >= 4 is 0 Å². The molecule has 0 aromatic heterocycles. The summed E-state index contributed by atoms with van der Waals surface area (Å²) < 4.78 is 10.8. The lowest BCUT2D eigenvalue weighted by molar-refractivity contribution is -0.246. The highest BCUT2D eigenvalue weighted by atomic mass is 16.5. The molecule has 0 unspecified atom stereocenters. The van der Waals surface area contributed by atoms with Crippen LogP contribution in [-0.2, 0) is 6.54 Å². The van der Waals surface area contributed by atoms with Crippen LogP contribution in [0.2, 0.25) is 0 Å².